The number of carbonyl (C=O) groups excluding carboxylic acids is 1. The number of benzene rings is 1. The Kier molecular flexibility index (Phi) is 5.93. The summed E-state index contributed by atoms with van der Waals surface area (Å²) < 4.78 is 31.6. The highest BCUT2D eigenvalue weighted by molar-refractivity contribution is 7.89. The SMILES string of the molecule is COC(=O)C1CCCCN1CCNS(=O)(=O)c1ccccc1. The maximum Gasteiger partial charge on any atom is 0.323 e. The van der Waals surface area contributed by atoms with E-state index in [0.29, 0.717) is 6.54 Å². The van der Waals surface area contributed by atoms with Gasteiger partial charge in [-0.3, -0.25) is 9.69 Å². The van der Waals surface area contributed by atoms with E-state index in [9.17, 15) is 13.2 Å². The molecule has 1 heterocycles. The van der Waals surface area contributed by atoms with Gasteiger partial charge < -0.3 is 4.74 Å². The number of ether oxygens (including phenoxy) is 1. The van der Waals surface area contributed by atoms with Crippen LogP contribution in [0.2, 0.25) is 0 Å². The lowest BCUT2D eigenvalue weighted by Crippen LogP contribution is -2.48. The highest BCUT2D eigenvalue weighted by Gasteiger charge is 2.29. The Hall–Kier alpha value is -1.44. The second kappa shape index (κ2) is 7.71. The minimum absolute atomic E-state index is 0.245. The van der Waals surface area contributed by atoms with Crippen molar-refractivity contribution in [1.29, 1.82) is 0 Å². The molecular weight excluding hydrogens is 304 g/mol. The summed E-state index contributed by atoms with van der Waals surface area (Å²) in [7, 11) is -2.12. The van der Waals surface area contributed by atoms with Crippen LogP contribution < -0.4 is 4.72 Å². The van der Waals surface area contributed by atoms with E-state index < -0.39 is 10.0 Å². The minimum Gasteiger partial charge on any atom is -0.468 e. The second-order valence-electron chi connectivity index (χ2n) is 5.28. The van der Waals surface area contributed by atoms with Gasteiger partial charge in [0.1, 0.15) is 6.04 Å². The Morgan fingerprint density at radius 2 is 2.05 bits per heavy atom. The molecule has 1 aromatic carbocycles. The number of likely N-dealkylation sites (tertiary alicyclic amines) is 1. The summed E-state index contributed by atoms with van der Waals surface area (Å²) in [6.45, 7) is 1.55. The fourth-order valence-corrected chi connectivity index (χ4v) is 3.71. The number of esters is 1. The lowest BCUT2D eigenvalue weighted by molar-refractivity contribution is -0.148. The largest absolute Gasteiger partial charge is 0.468 e. The number of sulfonamides is 1. The average molecular weight is 326 g/mol. The van der Waals surface area contributed by atoms with Crippen LogP contribution in [0.15, 0.2) is 35.2 Å². The van der Waals surface area contributed by atoms with Crippen LogP contribution in [0.3, 0.4) is 0 Å². The van der Waals surface area contributed by atoms with Crippen LogP contribution in [0.1, 0.15) is 19.3 Å². The quantitative estimate of drug-likeness (QED) is 0.789. The van der Waals surface area contributed by atoms with Crippen LogP contribution in [0.5, 0.6) is 0 Å². The number of hydrogen-bond acceptors (Lipinski definition) is 5. The van der Waals surface area contributed by atoms with Crippen molar-refractivity contribution in [3.63, 3.8) is 0 Å². The van der Waals surface area contributed by atoms with Crippen LogP contribution in [-0.2, 0) is 19.6 Å². The molecule has 0 radical (unpaired) electrons. The molecule has 0 aliphatic carbocycles. The standard InChI is InChI=1S/C15H22N2O4S/c1-21-15(18)14-9-5-6-11-17(14)12-10-16-22(19,20)13-7-3-2-4-8-13/h2-4,7-8,14,16H,5-6,9-12H2,1H3. The van der Waals surface area contributed by atoms with Crippen molar-refractivity contribution < 1.29 is 17.9 Å². The van der Waals surface area contributed by atoms with E-state index in [0.717, 1.165) is 25.8 Å². The van der Waals surface area contributed by atoms with E-state index >= 15 is 0 Å². The second-order valence-corrected chi connectivity index (χ2v) is 7.05. The van der Waals surface area contributed by atoms with Gasteiger partial charge in [-0.25, -0.2) is 13.1 Å². The van der Waals surface area contributed by atoms with Gasteiger partial charge in [-0.05, 0) is 31.5 Å². The summed E-state index contributed by atoms with van der Waals surface area (Å²) in [5, 5.41) is 0. The number of nitrogens with one attached hydrogen (secondary N) is 1. The van der Waals surface area contributed by atoms with Gasteiger partial charge in [-0.1, -0.05) is 24.6 Å². The molecule has 6 nitrogen and oxygen atoms in total. The summed E-state index contributed by atoms with van der Waals surface area (Å²) in [4.78, 5) is 14.0. The Bertz CT molecular complexity index is 589. The third-order valence-corrected chi connectivity index (χ3v) is 5.31. The first-order valence-electron chi connectivity index (χ1n) is 7.41. The molecule has 1 unspecified atom stereocenters. The first-order valence-corrected chi connectivity index (χ1v) is 8.89. The molecular formula is C15H22N2O4S. The predicted molar refractivity (Wildman–Crippen MR) is 82.9 cm³/mol. The van der Waals surface area contributed by atoms with Gasteiger partial charge in [0.25, 0.3) is 0 Å². The summed E-state index contributed by atoms with van der Waals surface area (Å²) in [6, 6.07) is 7.99. The molecule has 7 heteroatoms. The zero-order valence-corrected chi connectivity index (χ0v) is 13.5. The monoisotopic (exact) mass is 326 g/mol. The molecule has 1 fully saturated rings. The number of carbonyl (C=O) groups is 1. The van der Waals surface area contributed by atoms with Crippen LogP contribution in [0, 0.1) is 0 Å². The summed E-state index contributed by atoms with van der Waals surface area (Å²) in [5.41, 5.74) is 0. The van der Waals surface area contributed by atoms with Gasteiger partial charge in [0.15, 0.2) is 0 Å². The van der Waals surface area contributed by atoms with Gasteiger partial charge in [0.05, 0.1) is 12.0 Å². The highest BCUT2D eigenvalue weighted by Crippen LogP contribution is 2.17. The fraction of sp³-hybridized carbons (Fsp3) is 0.533. The van der Waals surface area contributed by atoms with Gasteiger partial charge in [-0.2, -0.15) is 0 Å². The first kappa shape index (κ1) is 16.9. The normalized spacial score (nSPS) is 19.8. The molecule has 1 aliphatic rings. The first-order chi connectivity index (χ1) is 10.5. The number of piperidine rings is 1. The van der Waals surface area contributed by atoms with Crippen LogP contribution in [0.25, 0.3) is 0 Å². The molecule has 0 amide bonds. The molecule has 0 bridgehead atoms. The molecule has 1 saturated heterocycles. The maximum atomic E-state index is 12.1. The number of rotatable bonds is 6. The number of hydrogen-bond donors (Lipinski definition) is 1. The van der Waals surface area contributed by atoms with Gasteiger partial charge in [-0.15, -0.1) is 0 Å². The van der Waals surface area contributed by atoms with Crippen LogP contribution in [0.4, 0.5) is 0 Å². The zero-order chi connectivity index (χ0) is 16.0. The van der Waals surface area contributed by atoms with Crippen molar-refractivity contribution in [2.75, 3.05) is 26.7 Å². The van der Waals surface area contributed by atoms with Gasteiger partial charge >= 0.3 is 5.97 Å². The van der Waals surface area contributed by atoms with E-state index in [2.05, 4.69) is 4.72 Å². The third-order valence-electron chi connectivity index (χ3n) is 3.83. The Labute approximate surface area is 131 Å². The Morgan fingerprint density at radius 3 is 2.73 bits per heavy atom. The van der Waals surface area contributed by atoms with Crippen molar-refractivity contribution in [3.05, 3.63) is 30.3 Å². The molecule has 1 N–H and O–H groups in total. The molecule has 0 aromatic heterocycles. The lowest BCUT2D eigenvalue weighted by Gasteiger charge is -2.33. The predicted octanol–water partition coefficient (Wildman–Crippen LogP) is 0.992. The fourth-order valence-electron chi connectivity index (χ4n) is 2.67. The molecule has 122 valence electrons. The molecule has 0 spiro atoms. The van der Waals surface area contributed by atoms with Crippen LogP contribution >= 0.6 is 0 Å². The Balaban J connectivity index is 1.91. The average Bonchev–Trinajstić information content (AvgIpc) is 2.55. The van der Waals surface area contributed by atoms with Crippen LogP contribution in [-0.4, -0.2) is 52.1 Å². The van der Waals surface area contributed by atoms with E-state index in [-0.39, 0.29) is 23.5 Å². The molecule has 22 heavy (non-hydrogen) atoms. The van der Waals surface area contributed by atoms with Crippen molar-refractivity contribution in [1.82, 2.24) is 9.62 Å². The lowest BCUT2D eigenvalue weighted by atomic mass is 10.0. The number of nitrogens with zero attached hydrogens (tertiary/aromatic N) is 1. The molecule has 2 rings (SSSR count). The summed E-state index contributed by atoms with van der Waals surface area (Å²) >= 11 is 0. The van der Waals surface area contributed by atoms with E-state index in [1.807, 2.05) is 4.90 Å². The highest BCUT2D eigenvalue weighted by atomic mass is 32.2. The summed E-state index contributed by atoms with van der Waals surface area (Å²) in [6.07, 6.45) is 2.77. The third kappa shape index (κ3) is 4.28. The summed E-state index contributed by atoms with van der Waals surface area (Å²) in [5.74, 6) is -0.245. The smallest absolute Gasteiger partial charge is 0.323 e. The number of methoxy groups -OCH3 is 1. The van der Waals surface area contributed by atoms with Gasteiger partial charge in [0.2, 0.25) is 10.0 Å². The van der Waals surface area contributed by atoms with Crippen molar-refractivity contribution in [3.8, 4) is 0 Å². The molecule has 1 aromatic rings. The van der Waals surface area contributed by atoms with Crippen molar-refractivity contribution >= 4 is 16.0 Å². The topological polar surface area (TPSA) is 75.7 Å². The van der Waals surface area contributed by atoms with Gasteiger partial charge in [0, 0.05) is 13.1 Å². The molecule has 1 atom stereocenters. The van der Waals surface area contributed by atoms with Crippen molar-refractivity contribution in [2.45, 2.75) is 30.2 Å². The van der Waals surface area contributed by atoms with E-state index in [1.54, 1.807) is 30.3 Å². The molecule has 1 aliphatic heterocycles. The molecule has 0 saturated carbocycles. The van der Waals surface area contributed by atoms with E-state index in [4.69, 9.17) is 4.74 Å². The van der Waals surface area contributed by atoms with Crippen molar-refractivity contribution in [2.24, 2.45) is 0 Å². The Morgan fingerprint density at radius 1 is 1.32 bits per heavy atom. The van der Waals surface area contributed by atoms with E-state index in [1.165, 1.54) is 7.11 Å². The zero-order valence-electron chi connectivity index (χ0n) is 12.7. The maximum absolute atomic E-state index is 12.1. The minimum atomic E-state index is -3.50.